The molecule has 0 N–H and O–H groups in total. The average molecular weight is 365 g/mol. The molecule has 16 heavy (non-hydrogen) atoms. The number of anilines is 1. The van der Waals surface area contributed by atoms with Crippen molar-refractivity contribution in [2.45, 2.75) is 17.8 Å². The predicted octanol–water partition coefficient (Wildman–Crippen LogP) is 4.29. The van der Waals surface area contributed by atoms with Gasteiger partial charge in [0.2, 0.25) is 0 Å². The summed E-state index contributed by atoms with van der Waals surface area (Å²) in [6, 6.07) is 7.32. The molecule has 1 aliphatic rings. The van der Waals surface area contributed by atoms with Gasteiger partial charge in [0.25, 0.3) is 0 Å². The molecular weight excluding hydrogens is 350 g/mol. The number of rotatable bonds is 3. The highest BCUT2D eigenvalue weighted by Gasteiger charge is 2.20. The van der Waals surface area contributed by atoms with E-state index in [9.17, 15) is 0 Å². The molecule has 0 bridgehead atoms. The molecule has 0 saturated carbocycles. The summed E-state index contributed by atoms with van der Waals surface area (Å²) in [5.74, 6) is 2.56. The Morgan fingerprint density at radius 3 is 2.88 bits per heavy atom. The molecule has 4 heteroatoms. The summed E-state index contributed by atoms with van der Waals surface area (Å²) in [5, 5.41) is 0.900. The lowest BCUT2D eigenvalue weighted by Gasteiger charge is -2.26. The summed E-state index contributed by atoms with van der Waals surface area (Å²) in [6.07, 6.45) is 1.30. The Bertz CT molecular complexity index is 364. The van der Waals surface area contributed by atoms with Gasteiger partial charge < -0.3 is 4.90 Å². The molecule has 1 atom stereocenters. The highest BCUT2D eigenvalue weighted by molar-refractivity contribution is 9.10. The minimum Gasteiger partial charge on any atom is -0.371 e. The van der Waals surface area contributed by atoms with E-state index in [1.54, 1.807) is 0 Å². The van der Waals surface area contributed by atoms with Crippen LogP contribution in [0.4, 0.5) is 5.69 Å². The summed E-state index contributed by atoms with van der Waals surface area (Å²) < 4.78 is 1.19. The van der Waals surface area contributed by atoms with Gasteiger partial charge in [-0.15, -0.1) is 0 Å². The van der Waals surface area contributed by atoms with Crippen molar-refractivity contribution in [2.75, 3.05) is 23.5 Å². The standard InChI is InChI=1S/C12H15Br2NS/c1-15(11-4-5-16-8-11)10-3-2-9(7-13)12(14)6-10/h2-3,6,11H,4-5,7-8H2,1H3. The van der Waals surface area contributed by atoms with Crippen molar-refractivity contribution in [3.63, 3.8) is 0 Å². The van der Waals surface area contributed by atoms with E-state index in [0.29, 0.717) is 6.04 Å². The Kier molecular flexibility index (Phi) is 4.62. The first-order valence-electron chi connectivity index (χ1n) is 5.37. The van der Waals surface area contributed by atoms with Crippen LogP contribution in [0.15, 0.2) is 22.7 Å². The third-order valence-corrected chi connectivity index (χ3v) is 5.53. The average Bonchev–Trinajstić information content (AvgIpc) is 2.81. The van der Waals surface area contributed by atoms with Crippen molar-refractivity contribution in [3.8, 4) is 0 Å². The van der Waals surface area contributed by atoms with E-state index in [-0.39, 0.29) is 0 Å². The smallest absolute Gasteiger partial charge is 0.0385 e. The van der Waals surface area contributed by atoms with Crippen molar-refractivity contribution in [3.05, 3.63) is 28.2 Å². The van der Waals surface area contributed by atoms with E-state index in [1.807, 2.05) is 0 Å². The maximum Gasteiger partial charge on any atom is 0.0385 e. The molecule has 1 aromatic carbocycles. The molecule has 1 saturated heterocycles. The summed E-state index contributed by atoms with van der Waals surface area (Å²) in [5.41, 5.74) is 2.61. The fourth-order valence-electron chi connectivity index (χ4n) is 1.90. The van der Waals surface area contributed by atoms with E-state index in [2.05, 4.69) is 73.8 Å². The van der Waals surface area contributed by atoms with Gasteiger partial charge in [0, 0.05) is 34.3 Å². The van der Waals surface area contributed by atoms with Crippen LogP contribution >= 0.6 is 43.6 Å². The largest absolute Gasteiger partial charge is 0.371 e. The number of nitrogens with zero attached hydrogens (tertiary/aromatic N) is 1. The van der Waals surface area contributed by atoms with Gasteiger partial charge in [-0.05, 0) is 29.9 Å². The van der Waals surface area contributed by atoms with Crippen LogP contribution in [-0.2, 0) is 5.33 Å². The Balaban J connectivity index is 2.16. The van der Waals surface area contributed by atoms with Gasteiger partial charge in [-0.2, -0.15) is 11.8 Å². The molecule has 88 valence electrons. The fourth-order valence-corrected chi connectivity index (χ4v) is 4.54. The van der Waals surface area contributed by atoms with Crippen LogP contribution in [0.1, 0.15) is 12.0 Å². The highest BCUT2D eigenvalue weighted by Crippen LogP contribution is 2.29. The van der Waals surface area contributed by atoms with Crippen LogP contribution < -0.4 is 4.90 Å². The SMILES string of the molecule is CN(c1ccc(CBr)c(Br)c1)C1CCSC1. The van der Waals surface area contributed by atoms with Crippen molar-refractivity contribution < 1.29 is 0 Å². The van der Waals surface area contributed by atoms with Gasteiger partial charge in [-0.1, -0.05) is 37.9 Å². The third kappa shape index (κ3) is 2.77. The Hall–Kier alpha value is 0.330. The molecule has 1 aliphatic heterocycles. The maximum atomic E-state index is 3.62. The van der Waals surface area contributed by atoms with Crippen LogP contribution in [0.3, 0.4) is 0 Å². The van der Waals surface area contributed by atoms with Gasteiger partial charge in [0.15, 0.2) is 0 Å². The summed E-state index contributed by atoms with van der Waals surface area (Å²) in [7, 11) is 2.20. The van der Waals surface area contributed by atoms with Gasteiger partial charge in [-0.3, -0.25) is 0 Å². The summed E-state index contributed by atoms with van der Waals surface area (Å²) in [6.45, 7) is 0. The minimum absolute atomic E-state index is 0.701. The lowest BCUT2D eigenvalue weighted by molar-refractivity contribution is 0.700. The maximum absolute atomic E-state index is 3.62. The Morgan fingerprint density at radius 1 is 1.50 bits per heavy atom. The predicted molar refractivity (Wildman–Crippen MR) is 80.9 cm³/mol. The number of hydrogen-bond donors (Lipinski definition) is 0. The third-order valence-electron chi connectivity index (χ3n) is 3.04. The van der Waals surface area contributed by atoms with Crippen LogP contribution in [0.25, 0.3) is 0 Å². The zero-order valence-corrected chi connectivity index (χ0v) is 13.2. The van der Waals surface area contributed by atoms with Crippen LogP contribution in [0.2, 0.25) is 0 Å². The molecule has 0 radical (unpaired) electrons. The second kappa shape index (κ2) is 5.78. The molecule has 0 spiro atoms. The van der Waals surface area contributed by atoms with Gasteiger partial charge >= 0.3 is 0 Å². The normalized spacial score (nSPS) is 20.1. The Morgan fingerprint density at radius 2 is 2.31 bits per heavy atom. The van der Waals surface area contributed by atoms with E-state index in [1.165, 1.54) is 33.7 Å². The van der Waals surface area contributed by atoms with Crippen molar-refractivity contribution >= 4 is 49.3 Å². The number of halogens is 2. The molecule has 0 aliphatic carbocycles. The van der Waals surface area contributed by atoms with E-state index in [4.69, 9.17) is 0 Å². The van der Waals surface area contributed by atoms with Gasteiger partial charge in [-0.25, -0.2) is 0 Å². The number of alkyl halides is 1. The lowest BCUT2D eigenvalue weighted by Crippen LogP contribution is -2.31. The molecule has 1 fully saturated rings. The molecular formula is C12H15Br2NS. The fraction of sp³-hybridized carbons (Fsp3) is 0.500. The molecule has 2 rings (SSSR count). The molecule has 1 aromatic rings. The number of benzene rings is 1. The van der Waals surface area contributed by atoms with E-state index >= 15 is 0 Å². The van der Waals surface area contributed by atoms with Crippen molar-refractivity contribution in [1.82, 2.24) is 0 Å². The minimum atomic E-state index is 0.701. The van der Waals surface area contributed by atoms with Crippen LogP contribution in [0.5, 0.6) is 0 Å². The first kappa shape index (κ1) is 12.8. The van der Waals surface area contributed by atoms with Crippen LogP contribution in [-0.4, -0.2) is 24.6 Å². The highest BCUT2D eigenvalue weighted by atomic mass is 79.9. The summed E-state index contributed by atoms with van der Waals surface area (Å²) >= 11 is 9.17. The van der Waals surface area contributed by atoms with Crippen molar-refractivity contribution in [1.29, 1.82) is 0 Å². The quantitative estimate of drug-likeness (QED) is 0.736. The molecule has 1 heterocycles. The van der Waals surface area contributed by atoms with Gasteiger partial charge in [0.1, 0.15) is 0 Å². The zero-order chi connectivity index (χ0) is 11.5. The topological polar surface area (TPSA) is 3.24 Å². The van der Waals surface area contributed by atoms with Crippen LogP contribution in [0, 0.1) is 0 Å². The van der Waals surface area contributed by atoms with Crippen molar-refractivity contribution in [2.24, 2.45) is 0 Å². The Labute approximate surface area is 118 Å². The molecule has 1 unspecified atom stereocenters. The molecule has 0 amide bonds. The first-order chi connectivity index (χ1) is 7.72. The first-order valence-corrected chi connectivity index (χ1v) is 8.44. The zero-order valence-electron chi connectivity index (χ0n) is 9.25. The monoisotopic (exact) mass is 363 g/mol. The van der Waals surface area contributed by atoms with Gasteiger partial charge in [0.05, 0.1) is 0 Å². The molecule has 0 aromatic heterocycles. The van der Waals surface area contributed by atoms with E-state index in [0.717, 1.165) is 5.33 Å². The summed E-state index contributed by atoms with van der Waals surface area (Å²) in [4.78, 5) is 2.41. The molecule has 1 nitrogen and oxygen atoms in total. The van der Waals surface area contributed by atoms with E-state index < -0.39 is 0 Å². The second-order valence-corrected chi connectivity index (χ2v) is 6.60. The number of thioether (sulfide) groups is 1. The lowest BCUT2D eigenvalue weighted by atomic mass is 10.1. The second-order valence-electron chi connectivity index (χ2n) is 4.04. The number of hydrogen-bond acceptors (Lipinski definition) is 2.